The topological polar surface area (TPSA) is 12.9 Å². The SMILES string of the molecule is CC(C)C(c1nccc2sccc12)C(C)Cl. The van der Waals surface area contributed by atoms with Crippen LogP contribution in [-0.2, 0) is 0 Å². The van der Waals surface area contributed by atoms with Crippen molar-refractivity contribution in [3.05, 3.63) is 29.4 Å². The van der Waals surface area contributed by atoms with Gasteiger partial charge in [-0.2, -0.15) is 0 Å². The second-order valence-electron chi connectivity index (χ2n) is 4.48. The molecule has 0 aliphatic heterocycles. The highest BCUT2D eigenvalue weighted by Gasteiger charge is 2.24. The van der Waals surface area contributed by atoms with E-state index >= 15 is 0 Å². The van der Waals surface area contributed by atoms with Crippen LogP contribution in [0.1, 0.15) is 32.4 Å². The summed E-state index contributed by atoms with van der Waals surface area (Å²) >= 11 is 8.06. The van der Waals surface area contributed by atoms with Gasteiger partial charge in [-0.3, -0.25) is 4.98 Å². The number of hydrogen-bond donors (Lipinski definition) is 0. The van der Waals surface area contributed by atoms with Crippen molar-refractivity contribution in [1.82, 2.24) is 4.98 Å². The fourth-order valence-electron chi connectivity index (χ4n) is 2.25. The van der Waals surface area contributed by atoms with Gasteiger partial charge in [0.2, 0.25) is 0 Å². The second-order valence-corrected chi connectivity index (χ2v) is 6.11. The quantitative estimate of drug-likeness (QED) is 0.725. The van der Waals surface area contributed by atoms with E-state index in [0.29, 0.717) is 11.8 Å². The summed E-state index contributed by atoms with van der Waals surface area (Å²) in [6.45, 7) is 6.46. The number of hydrogen-bond acceptors (Lipinski definition) is 2. The Morgan fingerprint density at radius 2 is 2.00 bits per heavy atom. The van der Waals surface area contributed by atoms with Gasteiger partial charge in [0, 0.05) is 27.6 Å². The number of aromatic nitrogens is 1. The first-order valence-electron chi connectivity index (χ1n) is 5.57. The van der Waals surface area contributed by atoms with Crippen LogP contribution in [0.3, 0.4) is 0 Å². The maximum Gasteiger partial charge on any atom is 0.0538 e. The summed E-state index contributed by atoms with van der Waals surface area (Å²) in [5.74, 6) is 0.825. The van der Waals surface area contributed by atoms with Gasteiger partial charge in [0.05, 0.1) is 5.69 Å². The predicted octanol–water partition coefficient (Wildman–Crippen LogP) is 4.66. The highest BCUT2D eigenvalue weighted by molar-refractivity contribution is 7.17. The first-order chi connectivity index (χ1) is 7.61. The normalized spacial score (nSPS) is 15.6. The van der Waals surface area contributed by atoms with Gasteiger partial charge in [0.15, 0.2) is 0 Å². The van der Waals surface area contributed by atoms with Gasteiger partial charge >= 0.3 is 0 Å². The summed E-state index contributed by atoms with van der Waals surface area (Å²) in [6.07, 6.45) is 1.89. The number of fused-ring (bicyclic) bond motifs is 1. The largest absolute Gasteiger partial charge is 0.260 e. The summed E-state index contributed by atoms with van der Waals surface area (Å²) in [4.78, 5) is 4.54. The Balaban J connectivity index is 2.56. The van der Waals surface area contributed by atoms with E-state index in [2.05, 4.69) is 43.3 Å². The van der Waals surface area contributed by atoms with Crippen molar-refractivity contribution in [2.75, 3.05) is 0 Å². The van der Waals surface area contributed by atoms with E-state index in [4.69, 9.17) is 11.6 Å². The molecule has 2 aromatic rings. The lowest BCUT2D eigenvalue weighted by Gasteiger charge is -2.23. The predicted molar refractivity (Wildman–Crippen MR) is 72.5 cm³/mol. The zero-order chi connectivity index (χ0) is 11.7. The minimum Gasteiger partial charge on any atom is -0.260 e. The standard InChI is InChI=1S/C13H16ClNS/c1-8(2)12(9(3)14)13-10-5-7-16-11(10)4-6-15-13/h4-9,12H,1-3H3. The van der Waals surface area contributed by atoms with Crippen LogP contribution in [0.4, 0.5) is 0 Å². The Hall–Kier alpha value is -0.600. The van der Waals surface area contributed by atoms with Crippen molar-refractivity contribution in [1.29, 1.82) is 0 Å². The molecule has 2 unspecified atom stereocenters. The molecule has 1 nitrogen and oxygen atoms in total. The van der Waals surface area contributed by atoms with Gasteiger partial charge in [-0.15, -0.1) is 22.9 Å². The number of nitrogens with zero attached hydrogens (tertiary/aromatic N) is 1. The number of pyridine rings is 1. The minimum absolute atomic E-state index is 0.109. The molecule has 0 aliphatic rings. The molecule has 0 amide bonds. The van der Waals surface area contributed by atoms with Crippen molar-refractivity contribution in [3.8, 4) is 0 Å². The molecule has 0 radical (unpaired) electrons. The highest BCUT2D eigenvalue weighted by Crippen LogP contribution is 2.35. The lowest BCUT2D eigenvalue weighted by atomic mass is 9.88. The van der Waals surface area contributed by atoms with Crippen molar-refractivity contribution < 1.29 is 0 Å². The van der Waals surface area contributed by atoms with Crippen molar-refractivity contribution in [2.24, 2.45) is 5.92 Å². The maximum atomic E-state index is 6.30. The zero-order valence-electron chi connectivity index (χ0n) is 9.77. The van der Waals surface area contributed by atoms with E-state index in [0.717, 1.165) is 5.69 Å². The summed E-state index contributed by atoms with van der Waals surface area (Å²) < 4.78 is 1.30. The van der Waals surface area contributed by atoms with Gasteiger partial charge in [-0.25, -0.2) is 0 Å². The monoisotopic (exact) mass is 253 g/mol. The Kier molecular flexibility index (Phi) is 3.50. The molecule has 16 heavy (non-hydrogen) atoms. The average Bonchev–Trinajstić information content (AvgIpc) is 2.65. The Bertz CT molecular complexity index is 467. The molecule has 3 heteroatoms. The van der Waals surface area contributed by atoms with Gasteiger partial charge in [0.1, 0.15) is 0 Å². The summed E-state index contributed by atoms with van der Waals surface area (Å²) in [6, 6.07) is 4.22. The third-order valence-electron chi connectivity index (χ3n) is 2.94. The van der Waals surface area contributed by atoms with Crippen molar-refractivity contribution >= 4 is 33.0 Å². The molecule has 0 bridgehead atoms. The Morgan fingerprint density at radius 3 is 2.62 bits per heavy atom. The van der Waals surface area contributed by atoms with Gasteiger partial charge in [-0.1, -0.05) is 13.8 Å². The first-order valence-corrected chi connectivity index (χ1v) is 6.89. The first kappa shape index (κ1) is 11.9. The van der Waals surface area contributed by atoms with Gasteiger partial charge in [-0.05, 0) is 30.4 Å². The van der Waals surface area contributed by atoms with Crippen molar-refractivity contribution in [2.45, 2.75) is 32.1 Å². The lowest BCUT2D eigenvalue weighted by Crippen LogP contribution is -2.17. The Labute approximate surface area is 105 Å². The molecular weight excluding hydrogens is 238 g/mol. The van der Waals surface area contributed by atoms with Crippen LogP contribution in [0, 0.1) is 5.92 Å². The van der Waals surface area contributed by atoms with Gasteiger partial charge < -0.3 is 0 Å². The number of alkyl halides is 1. The molecule has 0 N–H and O–H groups in total. The van der Waals surface area contributed by atoms with E-state index in [9.17, 15) is 0 Å². The number of halogens is 1. The van der Waals surface area contributed by atoms with E-state index in [1.807, 2.05) is 6.20 Å². The Morgan fingerprint density at radius 1 is 1.25 bits per heavy atom. The van der Waals surface area contributed by atoms with Crippen molar-refractivity contribution in [3.63, 3.8) is 0 Å². The van der Waals surface area contributed by atoms with E-state index in [1.165, 1.54) is 10.1 Å². The molecule has 0 fully saturated rings. The molecule has 0 saturated heterocycles. The fourth-order valence-corrected chi connectivity index (χ4v) is 3.45. The van der Waals surface area contributed by atoms with Crippen LogP contribution in [0.15, 0.2) is 23.7 Å². The van der Waals surface area contributed by atoms with Crippen LogP contribution >= 0.6 is 22.9 Å². The molecule has 2 aromatic heterocycles. The molecule has 2 rings (SSSR count). The smallest absolute Gasteiger partial charge is 0.0538 e. The molecule has 2 heterocycles. The van der Waals surface area contributed by atoms with E-state index < -0.39 is 0 Å². The van der Waals surface area contributed by atoms with E-state index in [1.54, 1.807) is 11.3 Å². The van der Waals surface area contributed by atoms with Crippen LogP contribution < -0.4 is 0 Å². The molecule has 0 saturated carbocycles. The highest BCUT2D eigenvalue weighted by atomic mass is 35.5. The summed E-state index contributed by atoms with van der Waals surface area (Å²) in [5.41, 5.74) is 1.15. The number of thiophene rings is 1. The molecule has 0 aliphatic carbocycles. The third kappa shape index (κ3) is 2.09. The number of rotatable bonds is 3. The molecular formula is C13H16ClNS. The van der Waals surface area contributed by atoms with Crippen LogP contribution in [0.5, 0.6) is 0 Å². The van der Waals surface area contributed by atoms with Crippen LogP contribution in [0.25, 0.3) is 10.1 Å². The minimum atomic E-state index is 0.109. The van der Waals surface area contributed by atoms with Crippen LogP contribution in [0.2, 0.25) is 0 Å². The molecule has 86 valence electrons. The molecule has 0 spiro atoms. The lowest BCUT2D eigenvalue weighted by molar-refractivity contribution is 0.483. The summed E-state index contributed by atoms with van der Waals surface area (Å²) in [7, 11) is 0. The second kappa shape index (κ2) is 4.72. The average molecular weight is 254 g/mol. The van der Waals surface area contributed by atoms with E-state index in [-0.39, 0.29) is 5.38 Å². The van der Waals surface area contributed by atoms with Gasteiger partial charge in [0.25, 0.3) is 0 Å². The zero-order valence-corrected chi connectivity index (χ0v) is 11.3. The molecule has 0 aromatic carbocycles. The third-order valence-corrected chi connectivity index (χ3v) is 4.09. The maximum absolute atomic E-state index is 6.30. The summed E-state index contributed by atoms with van der Waals surface area (Å²) in [5, 5.41) is 3.49. The van der Waals surface area contributed by atoms with Crippen LogP contribution in [-0.4, -0.2) is 10.4 Å². The molecule has 2 atom stereocenters. The fraction of sp³-hybridized carbons (Fsp3) is 0.462.